The summed E-state index contributed by atoms with van der Waals surface area (Å²) in [5.74, 6) is 1.32. The molecular formula is C23H33FN2O2. The molecule has 0 saturated heterocycles. The Morgan fingerprint density at radius 3 is 2.32 bits per heavy atom. The number of halogens is 1. The minimum Gasteiger partial charge on any atom is -0.491 e. The molecular weight excluding hydrogens is 355 g/mol. The zero-order chi connectivity index (χ0) is 20.0. The van der Waals surface area contributed by atoms with Crippen LogP contribution in [0.5, 0.6) is 5.75 Å². The van der Waals surface area contributed by atoms with Gasteiger partial charge in [0, 0.05) is 30.1 Å². The van der Waals surface area contributed by atoms with E-state index < -0.39 is 6.17 Å². The van der Waals surface area contributed by atoms with Crippen molar-refractivity contribution in [3.05, 3.63) is 42.2 Å². The summed E-state index contributed by atoms with van der Waals surface area (Å²) < 4.78 is 25.0. The Bertz CT molecular complexity index is 647. The average molecular weight is 389 g/mol. The number of aromatic nitrogens is 2. The molecule has 0 amide bonds. The fourth-order valence-electron chi connectivity index (χ4n) is 2.78. The second-order valence-electron chi connectivity index (χ2n) is 7.10. The summed E-state index contributed by atoms with van der Waals surface area (Å²) in [5.41, 5.74) is 1.87. The van der Waals surface area contributed by atoms with Crippen molar-refractivity contribution in [3.8, 4) is 17.1 Å². The molecule has 0 aliphatic carbocycles. The van der Waals surface area contributed by atoms with Crippen molar-refractivity contribution in [3.63, 3.8) is 0 Å². The van der Waals surface area contributed by atoms with Crippen molar-refractivity contribution in [2.24, 2.45) is 0 Å². The van der Waals surface area contributed by atoms with Crippen LogP contribution in [0.3, 0.4) is 0 Å². The molecule has 1 atom stereocenters. The molecule has 1 aromatic heterocycles. The second kappa shape index (κ2) is 13.2. The molecule has 1 aromatic carbocycles. The van der Waals surface area contributed by atoms with E-state index in [2.05, 4.69) is 23.8 Å². The van der Waals surface area contributed by atoms with Gasteiger partial charge in [-0.05, 0) is 37.1 Å². The third-order valence-electron chi connectivity index (χ3n) is 4.53. The number of unbranched alkanes of at least 4 members (excludes halogenated alkanes) is 4. The van der Waals surface area contributed by atoms with Crippen LogP contribution >= 0.6 is 0 Å². The van der Waals surface area contributed by atoms with E-state index in [0.29, 0.717) is 24.6 Å². The van der Waals surface area contributed by atoms with Crippen molar-refractivity contribution >= 4 is 0 Å². The summed E-state index contributed by atoms with van der Waals surface area (Å²) in [6.45, 7) is 5.70. The number of hydrogen-bond acceptors (Lipinski definition) is 4. The monoisotopic (exact) mass is 388 g/mol. The van der Waals surface area contributed by atoms with Gasteiger partial charge in [-0.3, -0.25) is 0 Å². The molecule has 4 nitrogen and oxygen atoms in total. The summed E-state index contributed by atoms with van der Waals surface area (Å²) in [6, 6.07) is 7.47. The van der Waals surface area contributed by atoms with Crippen LogP contribution in [0.1, 0.15) is 64.4 Å². The first-order valence-electron chi connectivity index (χ1n) is 10.5. The SMILES string of the molecule is CCCCCCC(F)COc1ccc(-c2ncc(COCCCC)cn2)cc1. The van der Waals surface area contributed by atoms with Crippen LogP contribution in [-0.4, -0.2) is 29.4 Å². The van der Waals surface area contributed by atoms with E-state index in [-0.39, 0.29) is 6.61 Å². The van der Waals surface area contributed by atoms with Gasteiger partial charge >= 0.3 is 0 Å². The van der Waals surface area contributed by atoms with Crippen LogP contribution in [0, 0.1) is 0 Å². The van der Waals surface area contributed by atoms with Crippen LogP contribution in [0.15, 0.2) is 36.7 Å². The highest BCUT2D eigenvalue weighted by Gasteiger charge is 2.08. The lowest BCUT2D eigenvalue weighted by Crippen LogP contribution is -2.12. The predicted molar refractivity (Wildman–Crippen MR) is 111 cm³/mol. The van der Waals surface area contributed by atoms with Gasteiger partial charge in [-0.15, -0.1) is 0 Å². The molecule has 0 fully saturated rings. The fourth-order valence-corrected chi connectivity index (χ4v) is 2.78. The maximum atomic E-state index is 13.9. The Hall–Kier alpha value is -2.01. The zero-order valence-electron chi connectivity index (χ0n) is 17.2. The zero-order valence-corrected chi connectivity index (χ0v) is 17.2. The van der Waals surface area contributed by atoms with Crippen LogP contribution in [0.25, 0.3) is 11.4 Å². The van der Waals surface area contributed by atoms with E-state index in [4.69, 9.17) is 9.47 Å². The van der Waals surface area contributed by atoms with Crippen molar-refractivity contribution < 1.29 is 13.9 Å². The van der Waals surface area contributed by atoms with Crippen molar-refractivity contribution in [2.45, 2.75) is 71.6 Å². The highest BCUT2D eigenvalue weighted by molar-refractivity contribution is 5.55. The molecule has 2 rings (SSSR count). The number of ether oxygens (including phenoxy) is 2. The van der Waals surface area contributed by atoms with Crippen molar-refractivity contribution in [2.75, 3.05) is 13.2 Å². The summed E-state index contributed by atoms with van der Waals surface area (Å²) in [6.07, 6.45) is 9.80. The van der Waals surface area contributed by atoms with E-state index in [1.807, 2.05) is 24.3 Å². The van der Waals surface area contributed by atoms with Gasteiger partial charge in [-0.25, -0.2) is 14.4 Å². The lowest BCUT2D eigenvalue weighted by molar-refractivity contribution is 0.117. The summed E-state index contributed by atoms with van der Waals surface area (Å²) in [5, 5.41) is 0. The van der Waals surface area contributed by atoms with E-state index in [0.717, 1.165) is 43.4 Å². The molecule has 0 aliphatic rings. The highest BCUT2D eigenvalue weighted by atomic mass is 19.1. The van der Waals surface area contributed by atoms with Crippen LogP contribution < -0.4 is 4.74 Å². The lowest BCUT2D eigenvalue weighted by atomic mass is 10.1. The summed E-state index contributed by atoms with van der Waals surface area (Å²) in [7, 11) is 0. The van der Waals surface area contributed by atoms with Gasteiger partial charge in [-0.2, -0.15) is 0 Å². The molecule has 0 spiro atoms. The first-order valence-corrected chi connectivity index (χ1v) is 10.5. The summed E-state index contributed by atoms with van der Waals surface area (Å²) >= 11 is 0. The Morgan fingerprint density at radius 1 is 0.929 bits per heavy atom. The smallest absolute Gasteiger partial charge is 0.159 e. The number of alkyl halides is 1. The molecule has 5 heteroatoms. The Kier molecular flexibility index (Phi) is 10.5. The lowest BCUT2D eigenvalue weighted by Gasteiger charge is -2.11. The van der Waals surface area contributed by atoms with Crippen molar-refractivity contribution in [1.29, 1.82) is 0 Å². The molecule has 1 unspecified atom stereocenters. The van der Waals surface area contributed by atoms with Crippen LogP contribution in [0.4, 0.5) is 4.39 Å². The van der Waals surface area contributed by atoms with Gasteiger partial charge in [0.05, 0.1) is 6.61 Å². The average Bonchev–Trinajstić information content (AvgIpc) is 2.74. The molecule has 28 heavy (non-hydrogen) atoms. The Morgan fingerprint density at radius 2 is 1.64 bits per heavy atom. The standard InChI is InChI=1S/C23H33FN2O2/c1-3-5-7-8-9-21(24)18-28-22-12-10-20(11-13-22)23-25-15-19(16-26-23)17-27-14-6-4-2/h10-13,15-16,21H,3-9,14,17-18H2,1-2H3. The van der Waals surface area contributed by atoms with Gasteiger partial charge in [0.2, 0.25) is 0 Å². The maximum absolute atomic E-state index is 13.9. The minimum absolute atomic E-state index is 0.106. The molecule has 0 radical (unpaired) electrons. The molecule has 0 bridgehead atoms. The van der Waals surface area contributed by atoms with Gasteiger partial charge in [0.25, 0.3) is 0 Å². The molecule has 0 aliphatic heterocycles. The van der Waals surface area contributed by atoms with E-state index in [1.165, 1.54) is 12.8 Å². The molecule has 154 valence electrons. The van der Waals surface area contributed by atoms with Gasteiger partial charge in [0.15, 0.2) is 5.82 Å². The van der Waals surface area contributed by atoms with E-state index >= 15 is 0 Å². The highest BCUT2D eigenvalue weighted by Crippen LogP contribution is 2.20. The minimum atomic E-state index is -0.910. The first-order chi connectivity index (χ1) is 13.7. The van der Waals surface area contributed by atoms with Gasteiger partial charge in [0.1, 0.15) is 18.5 Å². The fraction of sp³-hybridized carbons (Fsp3) is 0.565. The number of rotatable bonds is 14. The topological polar surface area (TPSA) is 44.2 Å². The molecule has 2 aromatic rings. The second-order valence-corrected chi connectivity index (χ2v) is 7.10. The largest absolute Gasteiger partial charge is 0.491 e. The van der Waals surface area contributed by atoms with Crippen molar-refractivity contribution in [1.82, 2.24) is 9.97 Å². The predicted octanol–water partition coefficient (Wildman–Crippen LogP) is 6.15. The maximum Gasteiger partial charge on any atom is 0.159 e. The van der Waals surface area contributed by atoms with E-state index in [1.54, 1.807) is 12.4 Å². The number of nitrogens with zero attached hydrogens (tertiary/aromatic N) is 2. The molecule has 0 saturated carbocycles. The third-order valence-corrected chi connectivity index (χ3v) is 4.53. The quantitative estimate of drug-likeness (QED) is 0.364. The first kappa shape index (κ1) is 22.3. The number of benzene rings is 1. The Balaban J connectivity index is 1.77. The third kappa shape index (κ3) is 8.34. The molecule has 1 heterocycles. The van der Waals surface area contributed by atoms with Crippen LogP contribution in [-0.2, 0) is 11.3 Å². The molecule has 0 N–H and O–H groups in total. The number of hydrogen-bond donors (Lipinski definition) is 0. The van der Waals surface area contributed by atoms with Gasteiger partial charge in [-0.1, -0.05) is 46.0 Å². The Labute approximate surface area is 168 Å². The van der Waals surface area contributed by atoms with Gasteiger partial charge < -0.3 is 9.47 Å². The van der Waals surface area contributed by atoms with Crippen LogP contribution in [0.2, 0.25) is 0 Å². The summed E-state index contributed by atoms with van der Waals surface area (Å²) in [4.78, 5) is 8.82. The normalized spacial score (nSPS) is 12.1. The van der Waals surface area contributed by atoms with E-state index in [9.17, 15) is 4.39 Å².